The van der Waals surface area contributed by atoms with Crippen molar-refractivity contribution in [2.75, 3.05) is 13.2 Å². The molecule has 0 saturated heterocycles. The molecule has 1 N–H and O–H groups in total. The van der Waals surface area contributed by atoms with Crippen molar-refractivity contribution in [3.05, 3.63) is 24.2 Å². The summed E-state index contributed by atoms with van der Waals surface area (Å²) in [5.41, 5.74) is 0. The minimum absolute atomic E-state index is 0.0979. The highest BCUT2D eigenvalue weighted by molar-refractivity contribution is 5.02. The maximum Gasteiger partial charge on any atom is 0.120 e. The molecule has 0 aliphatic heterocycles. The summed E-state index contributed by atoms with van der Waals surface area (Å²) in [5.74, 6) is 0.846. The van der Waals surface area contributed by atoms with Crippen LogP contribution in [-0.2, 0) is 0 Å². The molecule has 0 bridgehead atoms. The molecule has 0 radical (unpaired) electrons. The van der Waals surface area contributed by atoms with Crippen molar-refractivity contribution in [1.29, 1.82) is 0 Å². The predicted molar refractivity (Wildman–Crippen MR) is 41.1 cm³/mol. The first-order chi connectivity index (χ1) is 5.34. The first-order valence-electron chi connectivity index (χ1n) is 3.67. The van der Waals surface area contributed by atoms with Gasteiger partial charge in [0.2, 0.25) is 0 Å². The quantitative estimate of drug-likeness (QED) is 0.722. The Morgan fingerprint density at radius 1 is 1.73 bits per heavy atom. The van der Waals surface area contributed by atoms with Gasteiger partial charge in [-0.1, -0.05) is 0 Å². The van der Waals surface area contributed by atoms with Crippen molar-refractivity contribution in [3.63, 3.8) is 0 Å². The number of furan rings is 1. The van der Waals surface area contributed by atoms with Gasteiger partial charge in [-0.25, -0.2) is 4.39 Å². The van der Waals surface area contributed by atoms with E-state index in [-0.39, 0.29) is 12.7 Å². The van der Waals surface area contributed by atoms with Crippen LogP contribution in [0.4, 0.5) is 4.39 Å². The Hall–Kier alpha value is -0.830. The van der Waals surface area contributed by atoms with E-state index >= 15 is 0 Å². The van der Waals surface area contributed by atoms with Crippen LogP contribution >= 0.6 is 0 Å². The molecule has 0 aromatic carbocycles. The molecule has 1 aromatic rings. The molecule has 0 fully saturated rings. The van der Waals surface area contributed by atoms with Gasteiger partial charge in [-0.15, -0.1) is 0 Å². The molecule has 0 aliphatic carbocycles. The van der Waals surface area contributed by atoms with Crippen LogP contribution in [0.2, 0.25) is 0 Å². The second kappa shape index (κ2) is 4.13. The average molecular weight is 157 g/mol. The lowest BCUT2D eigenvalue weighted by atomic mass is 10.2. The van der Waals surface area contributed by atoms with Crippen molar-refractivity contribution >= 4 is 0 Å². The Balaban J connectivity index is 2.36. The molecule has 0 saturated carbocycles. The smallest absolute Gasteiger partial charge is 0.120 e. The SMILES string of the molecule is CC(NCCF)c1ccco1. The average Bonchev–Trinajstić information content (AvgIpc) is 2.52. The molecule has 0 spiro atoms. The van der Waals surface area contributed by atoms with Crippen molar-refractivity contribution in [2.45, 2.75) is 13.0 Å². The Labute approximate surface area is 65.4 Å². The molecular weight excluding hydrogens is 145 g/mol. The summed E-state index contributed by atoms with van der Waals surface area (Å²) in [5, 5.41) is 2.97. The largest absolute Gasteiger partial charge is 0.468 e. The Morgan fingerprint density at radius 2 is 2.55 bits per heavy atom. The van der Waals surface area contributed by atoms with Gasteiger partial charge in [0.15, 0.2) is 0 Å². The molecule has 3 heteroatoms. The third-order valence-corrected chi connectivity index (χ3v) is 1.51. The summed E-state index contributed by atoms with van der Waals surface area (Å²) in [6, 6.07) is 3.79. The van der Waals surface area contributed by atoms with Crippen LogP contribution in [0.3, 0.4) is 0 Å². The van der Waals surface area contributed by atoms with E-state index in [9.17, 15) is 4.39 Å². The molecule has 11 heavy (non-hydrogen) atoms. The fourth-order valence-corrected chi connectivity index (χ4v) is 0.909. The fourth-order valence-electron chi connectivity index (χ4n) is 0.909. The molecule has 1 unspecified atom stereocenters. The molecule has 2 nitrogen and oxygen atoms in total. The van der Waals surface area contributed by atoms with Crippen molar-refractivity contribution < 1.29 is 8.81 Å². The fraction of sp³-hybridized carbons (Fsp3) is 0.500. The third kappa shape index (κ3) is 2.35. The number of rotatable bonds is 4. The van der Waals surface area contributed by atoms with Gasteiger partial charge in [0.25, 0.3) is 0 Å². The van der Waals surface area contributed by atoms with Crippen molar-refractivity contribution in [2.24, 2.45) is 0 Å². The zero-order valence-corrected chi connectivity index (χ0v) is 6.51. The number of hydrogen-bond acceptors (Lipinski definition) is 2. The highest BCUT2D eigenvalue weighted by atomic mass is 19.1. The summed E-state index contributed by atoms with van der Waals surface area (Å²) in [4.78, 5) is 0. The summed E-state index contributed by atoms with van der Waals surface area (Å²) in [6.07, 6.45) is 1.61. The maximum absolute atomic E-state index is 11.7. The van der Waals surface area contributed by atoms with Crippen molar-refractivity contribution in [1.82, 2.24) is 5.32 Å². The van der Waals surface area contributed by atoms with E-state index in [1.807, 2.05) is 19.1 Å². The topological polar surface area (TPSA) is 25.2 Å². The molecule has 1 aromatic heterocycles. The molecule has 1 atom stereocenters. The van der Waals surface area contributed by atoms with Crippen LogP contribution in [0.15, 0.2) is 22.8 Å². The van der Waals surface area contributed by atoms with E-state index in [4.69, 9.17) is 4.42 Å². The van der Waals surface area contributed by atoms with Gasteiger partial charge in [-0.2, -0.15) is 0 Å². The Morgan fingerprint density at radius 3 is 3.09 bits per heavy atom. The minimum atomic E-state index is -0.342. The predicted octanol–water partition coefficient (Wildman–Crippen LogP) is 1.90. The molecule has 1 heterocycles. The van der Waals surface area contributed by atoms with Gasteiger partial charge in [0, 0.05) is 6.54 Å². The maximum atomic E-state index is 11.7. The van der Waals surface area contributed by atoms with Gasteiger partial charge in [-0.05, 0) is 19.1 Å². The van der Waals surface area contributed by atoms with Crippen LogP contribution in [0.25, 0.3) is 0 Å². The number of halogens is 1. The lowest BCUT2D eigenvalue weighted by Crippen LogP contribution is -2.20. The van der Waals surface area contributed by atoms with Crippen LogP contribution in [0.1, 0.15) is 18.7 Å². The van der Waals surface area contributed by atoms with E-state index in [1.54, 1.807) is 6.26 Å². The molecule has 0 amide bonds. The van der Waals surface area contributed by atoms with E-state index in [1.165, 1.54) is 0 Å². The standard InChI is InChI=1S/C8H12FNO/c1-7(10-5-4-9)8-3-2-6-11-8/h2-3,6-7,10H,4-5H2,1H3. The summed E-state index contributed by atoms with van der Waals surface area (Å²) in [7, 11) is 0. The third-order valence-electron chi connectivity index (χ3n) is 1.51. The zero-order chi connectivity index (χ0) is 8.10. The normalized spacial score (nSPS) is 13.3. The second-order valence-electron chi connectivity index (χ2n) is 2.38. The van der Waals surface area contributed by atoms with E-state index in [0.717, 1.165) is 5.76 Å². The van der Waals surface area contributed by atoms with Gasteiger partial charge < -0.3 is 9.73 Å². The number of hydrogen-bond donors (Lipinski definition) is 1. The van der Waals surface area contributed by atoms with Crippen LogP contribution in [-0.4, -0.2) is 13.2 Å². The minimum Gasteiger partial charge on any atom is -0.468 e. The highest BCUT2D eigenvalue weighted by Crippen LogP contribution is 2.11. The van der Waals surface area contributed by atoms with E-state index in [0.29, 0.717) is 6.54 Å². The number of alkyl halides is 1. The summed E-state index contributed by atoms with van der Waals surface area (Å²) < 4.78 is 16.8. The molecule has 0 aliphatic rings. The first-order valence-corrected chi connectivity index (χ1v) is 3.67. The second-order valence-corrected chi connectivity index (χ2v) is 2.38. The van der Waals surface area contributed by atoms with Gasteiger partial charge in [0.1, 0.15) is 12.4 Å². The molecular formula is C8H12FNO. The van der Waals surface area contributed by atoms with Gasteiger partial charge in [0.05, 0.1) is 12.3 Å². The van der Waals surface area contributed by atoms with Gasteiger partial charge in [-0.3, -0.25) is 0 Å². The van der Waals surface area contributed by atoms with E-state index in [2.05, 4.69) is 5.32 Å². The summed E-state index contributed by atoms with van der Waals surface area (Å²) in [6.45, 7) is 1.97. The monoisotopic (exact) mass is 157 g/mol. The Bertz CT molecular complexity index is 186. The van der Waals surface area contributed by atoms with Crippen LogP contribution in [0.5, 0.6) is 0 Å². The lowest BCUT2D eigenvalue weighted by Gasteiger charge is -2.08. The van der Waals surface area contributed by atoms with E-state index < -0.39 is 0 Å². The van der Waals surface area contributed by atoms with Gasteiger partial charge >= 0.3 is 0 Å². The molecule has 62 valence electrons. The van der Waals surface area contributed by atoms with Crippen LogP contribution in [0, 0.1) is 0 Å². The highest BCUT2D eigenvalue weighted by Gasteiger charge is 2.05. The Kier molecular flexibility index (Phi) is 3.11. The number of nitrogens with one attached hydrogen (secondary N) is 1. The van der Waals surface area contributed by atoms with Crippen molar-refractivity contribution in [3.8, 4) is 0 Å². The lowest BCUT2D eigenvalue weighted by molar-refractivity contribution is 0.400. The first kappa shape index (κ1) is 8.27. The zero-order valence-electron chi connectivity index (χ0n) is 6.51. The summed E-state index contributed by atoms with van der Waals surface area (Å²) >= 11 is 0. The molecule has 1 rings (SSSR count). The van der Waals surface area contributed by atoms with Crippen LogP contribution < -0.4 is 5.32 Å².